The Labute approximate surface area is 108 Å². The number of rotatable bonds is 2. The van der Waals surface area contributed by atoms with Gasteiger partial charge < -0.3 is 5.11 Å². The molecule has 0 saturated carbocycles. The number of hydrogen-bond donors (Lipinski definition) is 1. The normalized spacial score (nSPS) is 16.2. The maximum atomic E-state index is 13.1. The molecular formula is C9H7Br2ClF2O. The minimum Gasteiger partial charge on any atom is -0.378 e. The summed E-state index contributed by atoms with van der Waals surface area (Å²) in [6.07, 6.45) is 0. The molecule has 0 aliphatic carbocycles. The molecule has 0 heterocycles. The summed E-state index contributed by atoms with van der Waals surface area (Å²) in [5.74, 6) is 0. The van der Waals surface area contributed by atoms with Gasteiger partial charge in [0, 0.05) is 15.1 Å². The lowest BCUT2D eigenvalue weighted by molar-refractivity contribution is -0.109. The zero-order chi connectivity index (χ0) is 11.9. The average molecular weight is 364 g/mol. The predicted molar refractivity (Wildman–Crippen MR) is 62.6 cm³/mol. The van der Waals surface area contributed by atoms with Gasteiger partial charge in [-0.2, -0.15) is 8.78 Å². The van der Waals surface area contributed by atoms with Gasteiger partial charge in [-0.15, -0.1) is 0 Å². The standard InChI is InChI=1S/C9H7Br2ClF2O/c1-8(15,9(11,13)14)6-3-2-5(10)4-7(6)12/h2-4,15H,1H3. The third kappa shape index (κ3) is 2.70. The van der Waals surface area contributed by atoms with Gasteiger partial charge in [-0.3, -0.25) is 0 Å². The quantitative estimate of drug-likeness (QED) is 0.776. The fourth-order valence-electron chi connectivity index (χ4n) is 1.04. The molecule has 1 unspecified atom stereocenters. The number of alkyl halides is 3. The Morgan fingerprint density at radius 2 is 1.93 bits per heavy atom. The Bertz CT molecular complexity index is 377. The Balaban J connectivity index is 3.28. The van der Waals surface area contributed by atoms with Crippen molar-refractivity contribution < 1.29 is 13.9 Å². The maximum absolute atomic E-state index is 13.1. The van der Waals surface area contributed by atoms with Gasteiger partial charge in [0.25, 0.3) is 0 Å². The van der Waals surface area contributed by atoms with Gasteiger partial charge in [0.2, 0.25) is 0 Å². The monoisotopic (exact) mass is 362 g/mol. The Hall–Kier alpha value is 0.290. The molecule has 0 bridgehead atoms. The summed E-state index contributed by atoms with van der Waals surface area (Å²) in [5, 5.41) is 9.77. The van der Waals surface area contributed by atoms with Crippen LogP contribution >= 0.6 is 43.5 Å². The molecule has 1 atom stereocenters. The SMILES string of the molecule is CC(O)(c1ccc(Br)cc1Cl)C(F)(F)Br. The van der Waals surface area contributed by atoms with Crippen molar-refractivity contribution >= 4 is 43.5 Å². The van der Waals surface area contributed by atoms with Crippen LogP contribution in [0.4, 0.5) is 8.78 Å². The lowest BCUT2D eigenvalue weighted by Crippen LogP contribution is -2.38. The van der Waals surface area contributed by atoms with Crippen LogP contribution in [0, 0.1) is 0 Å². The summed E-state index contributed by atoms with van der Waals surface area (Å²) in [6, 6.07) is 4.33. The first-order valence-electron chi connectivity index (χ1n) is 3.91. The molecule has 0 aliphatic heterocycles. The van der Waals surface area contributed by atoms with E-state index in [1.165, 1.54) is 18.2 Å². The third-order valence-corrected chi connectivity index (χ3v) is 3.59. The van der Waals surface area contributed by atoms with Crippen molar-refractivity contribution in [1.29, 1.82) is 0 Å². The summed E-state index contributed by atoms with van der Waals surface area (Å²) >= 11 is 11.1. The van der Waals surface area contributed by atoms with Crippen LogP contribution in [0.25, 0.3) is 0 Å². The molecule has 1 N–H and O–H groups in total. The van der Waals surface area contributed by atoms with Crippen LogP contribution in [0.15, 0.2) is 22.7 Å². The first-order valence-corrected chi connectivity index (χ1v) is 5.87. The summed E-state index contributed by atoms with van der Waals surface area (Å²) in [6.45, 7) is 0.997. The van der Waals surface area contributed by atoms with Crippen LogP contribution in [-0.2, 0) is 5.60 Å². The Morgan fingerprint density at radius 3 is 2.33 bits per heavy atom. The highest BCUT2D eigenvalue weighted by Gasteiger charge is 2.49. The fourth-order valence-corrected chi connectivity index (χ4v) is 2.11. The number of aliphatic hydroxyl groups is 1. The van der Waals surface area contributed by atoms with E-state index in [4.69, 9.17) is 11.6 Å². The molecule has 0 aliphatic rings. The Morgan fingerprint density at radius 1 is 1.40 bits per heavy atom. The van der Waals surface area contributed by atoms with Crippen LogP contribution in [0.5, 0.6) is 0 Å². The van der Waals surface area contributed by atoms with E-state index < -0.39 is 10.4 Å². The second-order valence-corrected chi connectivity index (χ2v) is 5.51. The van der Waals surface area contributed by atoms with Crippen LogP contribution in [0.1, 0.15) is 12.5 Å². The second-order valence-electron chi connectivity index (χ2n) is 3.19. The van der Waals surface area contributed by atoms with E-state index in [2.05, 4.69) is 31.9 Å². The van der Waals surface area contributed by atoms with Crippen LogP contribution in [0.2, 0.25) is 5.02 Å². The van der Waals surface area contributed by atoms with Crippen molar-refractivity contribution in [2.45, 2.75) is 17.4 Å². The molecule has 84 valence electrons. The number of halogens is 5. The van der Waals surface area contributed by atoms with Gasteiger partial charge in [-0.1, -0.05) is 33.6 Å². The van der Waals surface area contributed by atoms with Crippen LogP contribution < -0.4 is 0 Å². The van der Waals surface area contributed by atoms with E-state index in [9.17, 15) is 13.9 Å². The maximum Gasteiger partial charge on any atom is 0.333 e. The van der Waals surface area contributed by atoms with Gasteiger partial charge in [-0.05, 0) is 35.0 Å². The highest BCUT2D eigenvalue weighted by molar-refractivity contribution is 9.10. The van der Waals surface area contributed by atoms with Gasteiger partial charge in [0.1, 0.15) is 0 Å². The van der Waals surface area contributed by atoms with Crippen molar-refractivity contribution in [3.05, 3.63) is 33.3 Å². The molecule has 0 aromatic heterocycles. The van der Waals surface area contributed by atoms with E-state index in [1.807, 2.05) is 0 Å². The average Bonchev–Trinajstić information content (AvgIpc) is 2.00. The number of benzene rings is 1. The van der Waals surface area contributed by atoms with E-state index in [0.29, 0.717) is 4.47 Å². The van der Waals surface area contributed by atoms with Crippen molar-refractivity contribution in [2.75, 3.05) is 0 Å². The fraction of sp³-hybridized carbons (Fsp3) is 0.333. The van der Waals surface area contributed by atoms with Crippen molar-refractivity contribution in [3.8, 4) is 0 Å². The first-order chi connectivity index (χ1) is 6.66. The predicted octanol–water partition coefficient (Wildman–Crippen LogP) is 4.30. The van der Waals surface area contributed by atoms with Gasteiger partial charge >= 0.3 is 4.83 Å². The molecule has 0 saturated heterocycles. The van der Waals surface area contributed by atoms with Gasteiger partial charge in [-0.25, -0.2) is 0 Å². The van der Waals surface area contributed by atoms with E-state index in [1.54, 1.807) is 0 Å². The minimum atomic E-state index is -3.45. The second kappa shape index (κ2) is 4.28. The van der Waals surface area contributed by atoms with E-state index >= 15 is 0 Å². The zero-order valence-electron chi connectivity index (χ0n) is 7.57. The van der Waals surface area contributed by atoms with Gasteiger partial charge in [0.15, 0.2) is 5.60 Å². The topological polar surface area (TPSA) is 20.2 Å². The molecule has 15 heavy (non-hydrogen) atoms. The smallest absolute Gasteiger partial charge is 0.333 e. The molecule has 1 nitrogen and oxygen atoms in total. The number of hydrogen-bond acceptors (Lipinski definition) is 1. The summed E-state index contributed by atoms with van der Waals surface area (Å²) < 4.78 is 26.8. The van der Waals surface area contributed by atoms with Crippen molar-refractivity contribution in [3.63, 3.8) is 0 Å². The third-order valence-electron chi connectivity index (χ3n) is 2.01. The lowest BCUT2D eigenvalue weighted by Gasteiger charge is -2.29. The first kappa shape index (κ1) is 13.4. The highest BCUT2D eigenvalue weighted by Crippen LogP contribution is 2.44. The molecular weight excluding hydrogens is 357 g/mol. The van der Waals surface area contributed by atoms with Crippen LogP contribution in [-0.4, -0.2) is 9.94 Å². The minimum absolute atomic E-state index is 0.0331. The summed E-state index contributed by atoms with van der Waals surface area (Å²) in [5.41, 5.74) is -2.39. The van der Waals surface area contributed by atoms with Crippen molar-refractivity contribution in [2.24, 2.45) is 0 Å². The van der Waals surface area contributed by atoms with E-state index in [0.717, 1.165) is 6.92 Å². The molecule has 1 aromatic rings. The molecule has 1 rings (SSSR count). The molecule has 1 aromatic carbocycles. The zero-order valence-corrected chi connectivity index (χ0v) is 11.5. The molecule has 6 heteroatoms. The van der Waals surface area contributed by atoms with Crippen molar-refractivity contribution in [1.82, 2.24) is 0 Å². The molecule has 0 fully saturated rings. The molecule has 0 spiro atoms. The molecule has 0 radical (unpaired) electrons. The summed E-state index contributed by atoms with van der Waals surface area (Å²) in [7, 11) is 0. The lowest BCUT2D eigenvalue weighted by atomic mass is 9.96. The van der Waals surface area contributed by atoms with Gasteiger partial charge in [0.05, 0.1) is 0 Å². The van der Waals surface area contributed by atoms with E-state index in [-0.39, 0.29) is 10.6 Å². The highest BCUT2D eigenvalue weighted by atomic mass is 79.9. The largest absolute Gasteiger partial charge is 0.378 e. The molecule has 0 amide bonds. The summed E-state index contributed by atoms with van der Waals surface area (Å²) in [4.78, 5) is -3.45. The Kier molecular flexibility index (Phi) is 3.81. The van der Waals surface area contributed by atoms with Crippen LogP contribution in [0.3, 0.4) is 0 Å².